The summed E-state index contributed by atoms with van der Waals surface area (Å²) in [4.78, 5) is 24.0. The first-order valence-electron chi connectivity index (χ1n) is 6.08. The van der Waals surface area contributed by atoms with Crippen LogP contribution in [0.4, 0.5) is 10.6 Å². The minimum Gasteiger partial charge on any atom is -0.334 e. The molecule has 20 heavy (non-hydrogen) atoms. The van der Waals surface area contributed by atoms with Gasteiger partial charge in [0.25, 0.3) is 0 Å². The number of hydrogen-bond acceptors (Lipinski definition) is 4. The summed E-state index contributed by atoms with van der Waals surface area (Å²) >= 11 is 0. The number of hydrogen-bond donors (Lipinski definition) is 2. The highest BCUT2D eigenvalue weighted by Gasteiger charge is 2.05. The van der Waals surface area contributed by atoms with E-state index in [1.54, 1.807) is 36.8 Å². The van der Waals surface area contributed by atoms with Crippen molar-refractivity contribution in [2.75, 3.05) is 11.9 Å². The van der Waals surface area contributed by atoms with Gasteiger partial charge < -0.3 is 5.32 Å². The molecule has 0 radical (unpaired) electrons. The zero-order chi connectivity index (χ0) is 14.4. The molecule has 6 nitrogen and oxygen atoms in total. The molecule has 0 aliphatic rings. The molecule has 0 atom stereocenters. The van der Waals surface area contributed by atoms with E-state index in [-0.39, 0.29) is 6.03 Å². The molecule has 0 aromatic carbocycles. The van der Waals surface area contributed by atoms with Gasteiger partial charge in [-0.15, -0.1) is 0 Å². The predicted molar refractivity (Wildman–Crippen MR) is 77.1 cm³/mol. The molecule has 6 heteroatoms. The second kappa shape index (κ2) is 6.42. The van der Waals surface area contributed by atoms with Crippen LogP contribution in [0.2, 0.25) is 0 Å². The van der Waals surface area contributed by atoms with E-state index in [1.165, 1.54) is 0 Å². The Morgan fingerprint density at radius 2 is 2.00 bits per heavy atom. The first-order valence-corrected chi connectivity index (χ1v) is 6.08. The number of anilines is 1. The van der Waals surface area contributed by atoms with Crippen molar-refractivity contribution in [2.24, 2.45) is 0 Å². The summed E-state index contributed by atoms with van der Waals surface area (Å²) in [7, 11) is 0. The number of rotatable bonds is 4. The molecule has 2 rings (SSSR count). The van der Waals surface area contributed by atoms with E-state index in [4.69, 9.17) is 0 Å². The SMILES string of the molecule is C=C(C)CNC(=O)Nc1ccnc(-c2ccncc2)n1. The average molecular weight is 269 g/mol. The maximum atomic E-state index is 11.6. The lowest BCUT2D eigenvalue weighted by Gasteiger charge is -2.07. The van der Waals surface area contributed by atoms with Gasteiger partial charge in [-0.05, 0) is 25.1 Å². The molecular weight excluding hydrogens is 254 g/mol. The van der Waals surface area contributed by atoms with E-state index in [0.717, 1.165) is 11.1 Å². The number of amides is 2. The van der Waals surface area contributed by atoms with Gasteiger partial charge in [0.15, 0.2) is 5.82 Å². The Kier molecular flexibility index (Phi) is 4.39. The van der Waals surface area contributed by atoms with Crippen LogP contribution in [-0.4, -0.2) is 27.5 Å². The van der Waals surface area contributed by atoms with E-state index < -0.39 is 0 Å². The van der Waals surface area contributed by atoms with Gasteiger partial charge in [0, 0.05) is 30.7 Å². The number of carbonyl (C=O) groups excluding carboxylic acids is 1. The van der Waals surface area contributed by atoms with E-state index in [9.17, 15) is 4.79 Å². The monoisotopic (exact) mass is 269 g/mol. The van der Waals surface area contributed by atoms with E-state index in [0.29, 0.717) is 18.2 Å². The van der Waals surface area contributed by atoms with E-state index >= 15 is 0 Å². The van der Waals surface area contributed by atoms with E-state index in [2.05, 4.69) is 32.2 Å². The minimum absolute atomic E-state index is 0.327. The van der Waals surface area contributed by atoms with Crippen molar-refractivity contribution in [1.82, 2.24) is 20.3 Å². The summed E-state index contributed by atoms with van der Waals surface area (Å²) < 4.78 is 0. The van der Waals surface area contributed by atoms with Crippen molar-refractivity contribution in [2.45, 2.75) is 6.92 Å². The third-order valence-corrected chi connectivity index (χ3v) is 2.39. The molecule has 0 aliphatic carbocycles. The summed E-state index contributed by atoms with van der Waals surface area (Å²) in [5.74, 6) is 0.969. The summed E-state index contributed by atoms with van der Waals surface area (Å²) in [5.41, 5.74) is 1.71. The third-order valence-electron chi connectivity index (χ3n) is 2.39. The molecule has 102 valence electrons. The summed E-state index contributed by atoms with van der Waals surface area (Å²) in [6.45, 7) is 5.98. The number of carbonyl (C=O) groups is 1. The van der Waals surface area contributed by atoms with Crippen molar-refractivity contribution in [3.63, 3.8) is 0 Å². The Hall–Kier alpha value is -2.76. The third kappa shape index (κ3) is 3.88. The molecule has 0 bridgehead atoms. The zero-order valence-electron chi connectivity index (χ0n) is 11.1. The Balaban J connectivity index is 2.07. The zero-order valence-corrected chi connectivity index (χ0v) is 11.1. The van der Waals surface area contributed by atoms with E-state index in [1.807, 2.05) is 6.92 Å². The maximum absolute atomic E-state index is 11.6. The molecule has 2 amide bonds. The predicted octanol–water partition coefficient (Wildman–Crippen LogP) is 2.24. The lowest BCUT2D eigenvalue weighted by Crippen LogP contribution is -2.30. The standard InChI is InChI=1S/C14H15N5O/c1-10(2)9-17-14(20)19-12-5-8-16-13(18-12)11-3-6-15-7-4-11/h3-8H,1,9H2,2H3,(H2,16,17,18,19,20). The molecule has 0 fully saturated rings. The Bertz CT molecular complexity index is 612. The van der Waals surface area contributed by atoms with Crippen molar-refractivity contribution in [1.29, 1.82) is 0 Å². The summed E-state index contributed by atoms with van der Waals surface area (Å²) in [5, 5.41) is 5.32. The number of pyridine rings is 1. The van der Waals surface area contributed by atoms with Gasteiger partial charge >= 0.3 is 6.03 Å². The van der Waals surface area contributed by atoms with Crippen LogP contribution in [0, 0.1) is 0 Å². The average Bonchev–Trinajstić information content (AvgIpc) is 2.46. The van der Waals surface area contributed by atoms with Crippen molar-refractivity contribution >= 4 is 11.8 Å². The van der Waals surface area contributed by atoms with Crippen molar-refractivity contribution in [3.8, 4) is 11.4 Å². The topological polar surface area (TPSA) is 79.8 Å². The molecule has 2 heterocycles. The normalized spacial score (nSPS) is 9.85. The number of urea groups is 1. The highest BCUT2D eigenvalue weighted by Crippen LogP contribution is 2.14. The van der Waals surface area contributed by atoms with Crippen LogP contribution in [0.5, 0.6) is 0 Å². The minimum atomic E-state index is -0.327. The fraction of sp³-hybridized carbons (Fsp3) is 0.143. The van der Waals surface area contributed by atoms with Crippen LogP contribution in [-0.2, 0) is 0 Å². The highest BCUT2D eigenvalue weighted by atomic mass is 16.2. The van der Waals surface area contributed by atoms with Gasteiger partial charge in [0.1, 0.15) is 5.82 Å². The van der Waals surface area contributed by atoms with Crippen LogP contribution in [0.1, 0.15) is 6.92 Å². The molecule has 0 saturated carbocycles. The van der Waals surface area contributed by atoms with Gasteiger partial charge in [-0.2, -0.15) is 0 Å². The molecule has 2 aromatic rings. The highest BCUT2D eigenvalue weighted by molar-refractivity contribution is 5.88. The van der Waals surface area contributed by atoms with Gasteiger partial charge in [-0.25, -0.2) is 14.8 Å². The lowest BCUT2D eigenvalue weighted by atomic mass is 10.2. The number of nitrogens with one attached hydrogen (secondary N) is 2. The number of nitrogens with zero attached hydrogens (tertiary/aromatic N) is 3. The smallest absolute Gasteiger partial charge is 0.320 e. The Morgan fingerprint density at radius 1 is 1.25 bits per heavy atom. The molecule has 0 spiro atoms. The Morgan fingerprint density at radius 3 is 2.70 bits per heavy atom. The lowest BCUT2D eigenvalue weighted by molar-refractivity contribution is 0.252. The van der Waals surface area contributed by atoms with Crippen LogP contribution < -0.4 is 10.6 Å². The molecule has 0 aliphatic heterocycles. The largest absolute Gasteiger partial charge is 0.334 e. The maximum Gasteiger partial charge on any atom is 0.320 e. The van der Waals surface area contributed by atoms with Crippen molar-refractivity contribution < 1.29 is 4.79 Å². The fourth-order valence-corrected chi connectivity index (χ4v) is 1.46. The molecule has 0 unspecified atom stereocenters. The molecule has 0 saturated heterocycles. The van der Waals surface area contributed by atoms with Crippen LogP contribution in [0.3, 0.4) is 0 Å². The van der Waals surface area contributed by atoms with Crippen LogP contribution >= 0.6 is 0 Å². The summed E-state index contributed by atoms with van der Waals surface area (Å²) in [6, 6.07) is 4.92. The quantitative estimate of drug-likeness (QED) is 0.834. The second-order valence-corrected chi connectivity index (χ2v) is 4.27. The summed E-state index contributed by atoms with van der Waals surface area (Å²) in [6.07, 6.45) is 4.92. The first-order chi connectivity index (χ1) is 9.65. The molecule has 2 N–H and O–H groups in total. The second-order valence-electron chi connectivity index (χ2n) is 4.27. The van der Waals surface area contributed by atoms with Gasteiger partial charge in [-0.1, -0.05) is 12.2 Å². The van der Waals surface area contributed by atoms with Crippen LogP contribution in [0.25, 0.3) is 11.4 Å². The fourth-order valence-electron chi connectivity index (χ4n) is 1.46. The number of aromatic nitrogens is 3. The molecular formula is C14H15N5O. The molecule has 2 aromatic heterocycles. The van der Waals surface area contributed by atoms with Gasteiger partial charge in [0.05, 0.1) is 0 Å². The van der Waals surface area contributed by atoms with Gasteiger partial charge in [-0.3, -0.25) is 10.3 Å². The van der Waals surface area contributed by atoms with Gasteiger partial charge in [0.2, 0.25) is 0 Å². The van der Waals surface area contributed by atoms with Crippen LogP contribution in [0.15, 0.2) is 48.9 Å². The first kappa shape index (κ1) is 13.7. The van der Waals surface area contributed by atoms with Crippen molar-refractivity contribution in [3.05, 3.63) is 48.9 Å². The Labute approximate surface area is 117 Å².